The smallest absolute Gasteiger partial charge is 0.335 e. The molecule has 23 heavy (non-hydrogen) atoms. The number of hydrogen-bond acceptors (Lipinski definition) is 5. The third kappa shape index (κ3) is 3.12. The SMILES string of the molecule is CC1(C)CCCC(CC(=O)ON2C(=O)c3ccccc3C2=O)O1. The number of nitrogens with zero attached hydrogens (tertiary/aromatic N) is 1. The van der Waals surface area contributed by atoms with Crippen molar-refractivity contribution in [2.75, 3.05) is 0 Å². The van der Waals surface area contributed by atoms with Crippen molar-refractivity contribution in [3.63, 3.8) is 0 Å². The lowest BCUT2D eigenvalue weighted by molar-refractivity contribution is -0.177. The largest absolute Gasteiger partial charge is 0.372 e. The average molecular weight is 317 g/mol. The Kier molecular flexibility index (Phi) is 3.93. The predicted molar refractivity (Wildman–Crippen MR) is 80.5 cm³/mol. The second kappa shape index (κ2) is 5.77. The van der Waals surface area contributed by atoms with Gasteiger partial charge in [0.15, 0.2) is 0 Å². The van der Waals surface area contributed by atoms with Crippen LogP contribution in [0.2, 0.25) is 0 Å². The Morgan fingerprint density at radius 1 is 1.26 bits per heavy atom. The molecule has 0 aliphatic carbocycles. The van der Waals surface area contributed by atoms with Gasteiger partial charge in [-0.25, -0.2) is 4.79 Å². The van der Waals surface area contributed by atoms with Gasteiger partial charge in [-0.15, -0.1) is 0 Å². The van der Waals surface area contributed by atoms with E-state index in [1.165, 1.54) is 12.1 Å². The summed E-state index contributed by atoms with van der Waals surface area (Å²) in [5, 5.41) is 0.543. The second-order valence-corrected chi connectivity index (χ2v) is 6.51. The molecule has 6 heteroatoms. The third-order valence-electron chi connectivity index (χ3n) is 4.13. The van der Waals surface area contributed by atoms with Gasteiger partial charge in [0.2, 0.25) is 0 Å². The molecule has 1 fully saturated rings. The van der Waals surface area contributed by atoms with E-state index in [2.05, 4.69) is 0 Å². The first-order chi connectivity index (χ1) is 10.9. The highest BCUT2D eigenvalue weighted by Gasteiger charge is 2.39. The van der Waals surface area contributed by atoms with E-state index >= 15 is 0 Å². The van der Waals surface area contributed by atoms with Gasteiger partial charge in [0, 0.05) is 0 Å². The maximum atomic E-state index is 12.1. The van der Waals surface area contributed by atoms with Gasteiger partial charge < -0.3 is 9.57 Å². The molecule has 0 aromatic heterocycles. The Labute approximate surface area is 134 Å². The number of hydroxylamine groups is 2. The molecule has 1 unspecified atom stereocenters. The van der Waals surface area contributed by atoms with Crippen molar-refractivity contribution in [2.24, 2.45) is 0 Å². The van der Waals surface area contributed by atoms with Crippen LogP contribution in [-0.2, 0) is 14.4 Å². The number of ether oxygens (including phenoxy) is 1. The zero-order valence-corrected chi connectivity index (χ0v) is 13.2. The molecule has 0 N–H and O–H groups in total. The fourth-order valence-corrected chi connectivity index (χ4v) is 3.04. The fourth-order valence-electron chi connectivity index (χ4n) is 3.04. The first kappa shape index (κ1) is 15.7. The van der Waals surface area contributed by atoms with E-state index in [1.807, 2.05) is 13.8 Å². The number of amides is 2. The molecule has 2 aliphatic heterocycles. The lowest BCUT2D eigenvalue weighted by atomic mass is 9.94. The topological polar surface area (TPSA) is 72.9 Å². The van der Waals surface area contributed by atoms with Crippen LogP contribution in [0.25, 0.3) is 0 Å². The standard InChI is InChI=1S/C17H19NO5/c1-17(2)9-5-6-11(22-17)10-14(19)23-18-15(20)12-7-3-4-8-13(12)16(18)21/h3-4,7-8,11H,5-6,9-10H2,1-2H3. The molecule has 2 aliphatic rings. The molecule has 3 rings (SSSR count). The molecule has 0 spiro atoms. The number of carbonyl (C=O) groups excluding carboxylic acids is 3. The molecule has 1 aromatic carbocycles. The Balaban J connectivity index is 1.63. The highest BCUT2D eigenvalue weighted by molar-refractivity contribution is 6.20. The number of carbonyl (C=O) groups is 3. The van der Waals surface area contributed by atoms with Crippen LogP contribution in [0.1, 0.15) is 60.2 Å². The first-order valence-electron chi connectivity index (χ1n) is 7.74. The monoisotopic (exact) mass is 317 g/mol. The van der Waals surface area contributed by atoms with Crippen molar-refractivity contribution >= 4 is 17.8 Å². The zero-order valence-electron chi connectivity index (χ0n) is 13.2. The summed E-state index contributed by atoms with van der Waals surface area (Å²) in [5.74, 6) is -1.85. The van der Waals surface area contributed by atoms with Crippen LogP contribution in [-0.4, -0.2) is 34.6 Å². The molecule has 1 atom stereocenters. The van der Waals surface area contributed by atoms with Crippen molar-refractivity contribution in [1.82, 2.24) is 5.06 Å². The van der Waals surface area contributed by atoms with E-state index in [0.29, 0.717) is 5.06 Å². The molecule has 122 valence electrons. The average Bonchev–Trinajstić information content (AvgIpc) is 2.72. The van der Waals surface area contributed by atoms with Crippen LogP contribution in [0, 0.1) is 0 Å². The molecule has 0 radical (unpaired) electrons. The second-order valence-electron chi connectivity index (χ2n) is 6.51. The minimum atomic E-state index is -0.637. The van der Waals surface area contributed by atoms with Crippen molar-refractivity contribution in [1.29, 1.82) is 0 Å². The summed E-state index contributed by atoms with van der Waals surface area (Å²) in [5.41, 5.74) is 0.235. The molecule has 2 heterocycles. The number of benzene rings is 1. The van der Waals surface area contributed by atoms with Crippen LogP contribution in [0.4, 0.5) is 0 Å². The van der Waals surface area contributed by atoms with Crippen molar-refractivity contribution in [2.45, 2.75) is 51.2 Å². The molecule has 0 bridgehead atoms. The highest BCUT2D eigenvalue weighted by atomic mass is 16.7. The summed E-state index contributed by atoms with van der Waals surface area (Å²) in [6.07, 6.45) is 2.45. The quantitative estimate of drug-likeness (QED) is 0.801. The van der Waals surface area contributed by atoms with Gasteiger partial charge in [0.1, 0.15) is 0 Å². The van der Waals surface area contributed by atoms with Crippen LogP contribution < -0.4 is 0 Å². The third-order valence-corrected chi connectivity index (χ3v) is 4.13. The van der Waals surface area contributed by atoms with E-state index in [9.17, 15) is 14.4 Å². The van der Waals surface area contributed by atoms with E-state index < -0.39 is 17.8 Å². The lowest BCUT2D eigenvalue weighted by Gasteiger charge is -2.35. The number of hydrogen-bond donors (Lipinski definition) is 0. The number of rotatable bonds is 3. The summed E-state index contributed by atoms with van der Waals surface area (Å²) in [6.45, 7) is 3.96. The van der Waals surface area contributed by atoms with Gasteiger partial charge >= 0.3 is 5.97 Å². The molecular formula is C17H19NO5. The summed E-state index contributed by atoms with van der Waals surface area (Å²) >= 11 is 0. The van der Waals surface area contributed by atoms with Crippen molar-refractivity contribution < 1.29 is 24.0 Å². The van der Waals surface area contributed by atoms with E-state index in [1.54, 1.807) is 12.1 Å². The van der Waals surface area contributed by atoms with Crippen LogP contribution >= 0.6 is 0 Å². The normalized spacial score (nSPS) is 22.9. The van der Waals surface area contributed by atoms with Gasteiger partial charge in [0.05, 0.1) is 29.3 Å². The van der Waals surface area contributed by atoms with Gasteiger partial charge in [-0.2, -0.15) is 0 Å². The Bertz CT molecular complexity index is 632. The molecular weight excluding hydrogens is 298 g/mol. The van der Waals surface area contributed by atoms with Gasteiger partial charge in [-0.05, 0) is 45.2 Å². The van der Waals surface area contributed by atoms with Gasteiger partial charge in [-0.3, -0.25) is 9.59 Å². The zero-order chi connectivity index (χ0) is 16.6. The van der Waals surface area contributed by atoms with Crippen molar-refractivity contribution in [3.05, 3.63) is 35.4 Å². The molecule has 2 amide bonds. The first-order valence-corrected chi connectivity index (χ1v) is 7.74. The molecule has 0 saturated carbocycles. The predicted octanol–water partition coefficient (Wildman–Crippen LogP) is 2.48. The minimum absolute atomic E-state index is 0.0246. The van der Waals surface area contributed by atoms with E-state index in [4.69, 9.17) is 9.57 Å². The van der Waals surface area contributed by atoms with Crippen LogP contribution in [0.15, 0.2) is 24.3 Å². The van der Waals surface area contributed by atoms with E-state index in [0.717, 1.165) is 19.3 Å². The Hall–Kier alpha value is -2.21. The molecule has 1 aromatic rings. The van der Waals surface area contributed by atoms with Gasteiger partial charge in [-0.1, -0.05) is 17.2 Å². The molecule has 6 nitrogen and oxygen atoms in total. The summed E-state index contributed by atoms with van der Waals surface area (Å²) in [7, 11) is 0. The summed E-state index contributed by atoms with van der Waals surface area (Å²) < 4.78 is 5.84. The van der Waals surface area contributed by atoms with Gasteiger partial charge in [0.25, 0.3) is 11.8 Å². The van der Waals surface area contributed by atoms with E-state index in [-0.39, 0.29) is 29.3 Å². The van der Waals surface area contributed by atoms with Crippen LogP contribution in [0.3, 0.4) is 0 Å². The van der Waals surface area contributed by atoms with Crippen LogP contribution in [0.5, 0.6) is 0 Å². The number of fused-ring (bicyclic) bond motifs is 1. The highest BCUT2D eigenvalue weighted by Crippen LogP contribution is 2.30. The van der Waals surface area contributed by atoms with Crippen molar-refractivity contribution in [3.8, 4) is 0 Å². The Morgan fingerprint density at radius 2 is 1.87 bits per heavy atom. The maximum absolute atomic E-state index is 12.1. The summed E-state index contributed by atoms with van der Waals surface area (Å²) in [4.78, 5) is 41.3. The Morgan fingerprint density at radius 3 is 2.43 bits per heavy atom. The number of imide groups is 1. The lowest BCUT2D eigenvalue weighted by Crippen LogP contribution is -2.38. The fraction of sp³-hybridized carbons (Fsp3) is 0.471. The summed E-state index contributed by atoms with van der Waals surface area (Å²) in [6, 6.07) is 6.40. The maximum Gasteiger partial charge on any atom is 0.335 e. The minimum Gasteiger partial charge on any atom is -0.372 e. The molecule has 1 saturated heterocycles.